The lowest BCUT2D eigenvalue weighted by Crippen LogP contribution is -2.37. The van der Waals surface area contributed by atoms with E-state index in [1.54, 1.807) is 19.9 Å². The van der Waals surface area contributed by atoms with Gasteiger partial charge in [0.15, 0.2) is 5.60 Å². The Morgan fingerprint density at radius 3 is 2.43 bits per heavy atom. The molecule has 6 heteroatoms. The normalized spacial score (nSPS) is 12.5. The third-order valence-corrected chi connectivity index (χ3v) is 7.59. The minimum absolute atomic E-state index is 0.0897. The molecular formula is C36H44N2O4. The van der Waals surface area contributed by atoms with E-state index in [1.165, 1.54) is 5.56 Å². The van der Waals surface area contributed by atoms with E-state index in [0.717, 1.165) is 53.4 Å². The van der Waals surface area contributed by atoms with E-state index in [4.69, 9.17) is 4.74 Å². The first-order valence-corrected chi connectivity index (χ1v) is 15.0. The minimum atomic E-state index is -1.32. The summed E-state index contributed by atoms with van der Waals surface area (Å²) in [6.45, 7) is 12.5. The molecule has 222 valence electrons. The number of unbranched alkanes of at least 4 members (excludes halogenated alkanes) is 1. The third-order valence-electron chi connectivity index (χ3n) is 7.59. The lowest BCUT2D eigenvalue weighted by molar-refractivity contribution is -0.152. The lowest BCUT2D eigenvalue weighted by Gasteiger charge is -2.21. The Balaban J connectivity index is 1.58. The molecule has 0 aliphatic rings. The van der Waals surface area contributed by atoms with Gasteiger partial charge in [-0.25, -0.2) is 4.79 Å². The molecule has 0 spiro atoms. The summed E-state index contributed by atoms with van der Waals surface area (Å²) in [7, 11) is 0. The summed E-state index contributed by atoms with van der Waals surface area (Å²) in [6, 6.07) is 21.9. The van der Waals surface area contributed by atoms with Gasteiger partial charge in [0.2, 0.25) is 0 Å². The van der Waals surface area contributed by atoms with Crippen LogP contribution in [0.4, 0.5) is 0 Å². The Morgan fingerprint density at radius 1 is 0.976 bits per heavy atom. The zero-order valence-corrected chi connectivity index (χ0v) is 25.7. The number of aliphatic carboxylic acids is 1. The molecule has 0 aliphatic carbocycles. The van der Waals surface area contributed by atoms with Crippen molar-refractivity contribution in [1.82, 2.24) is 9.88 Å². The van der Waals surface area contributed by atoms with Crippen LogP contribution in [0.5, 0.6) is 5.75 Å². The Hall–Kier alpha value is -4.06. The molecule has 0 bridgehead atoms. The number of fused-ring (bicyclic) bond motifs is 1. The van der Waals surface area contributed by atoms with Crippen molar-refractivity contribution in [3.63, 3.8) is 0 Å². The van der Waals surface area contributed by atoms with Crippen LogP contribution in [-0.2, 0) is 24.2 Å². The van der Waals surface area contributed by atoms with Crippen molar-refractivity contribution in [3.8, 4) is 5.75 Å². The van der Waals surface area contributed by atoms with Crippen LogP contribution in [0.3, 0.4) is 0 Å². The van der Waals surface area contributed by atoms with Crippen molar-refractivity contribution in [1.29, 1.82) is 0 Å². The first-order valence-electron chi connectivity index (χ1n) is 15.0. The average Bonchev–Trinajstić information content (AvgIpc) is 3.27. The smallest absolute Gasteiger partial charge is 0.347 e. The number of hydrogen-bond donors (Lipinski definition) is 2. The molecule has 4 rings (SSSR count). The molecule has 2 N–H and O–H groups in total. The van der Waals surface area contributed by atoms with Gasteiger partial charge in [0.1, 0.15) is 5.75 Å². The number of nitrogens with one attached hydrogen (secondary N) is 1. The summed E-state index contributed by atoms with van der Waals surface area (Å²) in [5.41, 5.74) is 4.93. The highest BCUT2D eigenvalue weighted by Crippen LogP contribution is 2.28. The maximum atomic E-state index is 13.4. The molecule has 42 heavy (non-hydrogen) atoms. The maximum absolute atomic E-state index is 13.4. The number of carbonyl (C=O) groups excluding carboxylic acids is 1. The Labute approximate surface area is 249 Å². The quantitative estimate of drug-likeness (QED) is 0.171. The Morgan fingerprint density at radius 2 is 1.71 bits per heavy atom. The van der Waals surface area contributed by atoms with Crippen LogP contribution in [0.15, 0.2) is 72.9 Å². The van der Waals surface area contributed by atoms with Crippen molar-refractivity contribution < 1.29 is 19.4 Å². The van der Waals surface area contributed by atoms with Gasteiger partial charge in [0.05, 0.1) is 6.04 Å². The van der Waals surface area contributed by atoms with Crippen LogP contribution in [0.1, 0.15) is 93.0 Å². The van der Waals surface area contributed by atoms with E-state index in [9.17, 15) is 14.7 Å². The van der Waals surface area contributed by atoms with Crippen molar-refractivity contribution in [3.05, 3.63) is 101 Å². The van der Waals surface area contributed by atoms with E-state index >= 15 is 0 Å². The monoisotopic (exact) mass is 568 g/mol. The number of benzene rings is 3. The number of carboxylic acid groups (broad SMARTS) is 1. The van der Waals surface area contributed by atoms with Gasteiger partial charge in [-0.15, -0.1) is 0 Å². The molecule has 1 aromatic heterocycles. The molecule has 1 atom stereocenters. The van der Waals surface area contributed by atoms with Gasteiger partial charge in [-0.2, -0.15) is 0 Å². The minimum Gasteiger partial charge on any atom is -0.478 e. The summed E-state index contributed by atoms with van der Waals surface area (Å²) in [5.74, 6) is -0.150. The van der Waals surface area contributed by atoms with Crippen molar-refractivity contribution in [2.24, 2.45) is 5.92 Å². The van der Waals surface area contributed by atoms with Gasteiger partial charge < -0.3 is 19.7 Å². The number of ether oxygens (including phenoxy) is 1. The predicted octanol–water partition coefficient (Wildman–Crippen LogP) is 7.96. The number of carboxylic acids is 1. The molecule has 3 aromatic carbocycles. The number of aryl methyl sites for hydroxylation is 1. The molecule has 0 saturated carbocycles. The summed E-state index contributed by atoms with van der Waals surface area (Å²) in [5, 5.41) is 13.7. The number of hydrogen-bond acceptors (Lipinski definition) is 3. The number of aromatic nitrogens is 1. The number of carbonyl (C=O) groups is 2. The second-order valence-electron chi connectivity index (χ2n) is 12.2. The van der Waals surface area contributed by atoms with E-state index in [2.05, 4.69) is 61.1 Å². The first-order chi connectivity index (χ1) is 20.0. The molecule has 0 aliphatic heterocycles. The summed E-state index contributed by atoms with van der Waals surface area (Å²) in [4.78, 5) is 24.9. The average molecular weight is 569 g/mol. The number of amides is 1. The van der Waals surface area contributed by atoms with Gasteiger partial charge >= 0.3 is 5.97 Å². The second-order valence-corrected chi connectivity index (χ2v) is 12.2. The van der Waals surface area contributed by atoms with Crippen LogP contribution in [0.2, 0.25) is 0 Å². The number of rotatable bonds is 13. The van der Waals surface area contributed by atoms with E-state index in [0.29, 0.717) is 23.7 Å². The molecule has 4 aromatic rings. The molecule has 6 nitrogen and oxygen atoms in total. The lowest BCUT2D eigenvalue weighted by atomic mass is 10.0. The highest BCUT2D eigenvalue weighted by Gasteiger charge is 2.29. The fourth-order valence-corrected chi connectivity index (χ4v) is 5.23. The summed E-state index contributed by atoms with van der Waals surface area (Å²) >= 11 is 0. The zero-order chi connectivity index (χ0) is 30.4. The van der Waals surface area contributed by atoms with Crippen molar-refractivity contribution >= 4 is 22.8 Å². The van der Waals surface area contributed by atoms with Crippen LogP contribution < -0.4 is 10.1 Å². The third kappa shape index (κ3) is 7.61. The van der Waals surface area contributed by atoms with Crippen molar-refractivity contribution in [2.45, 2.75) is 85.4 Å². The maximum Gasteiger partial charge on any atom is 0.347 e. The number of nitrogens with zero attached hydrogens (tertiary/aromatic N) is 1. The van der Waals surface area contributed by atoms with E-state index in [1.807, 2.05) is 43.3 Å². The van der Waals surface area contributed by atoms with Crippen molar-refractivity contribution in [2.75, 3.05) is 0 Å². The van der Waals surface area contributed by atoms with Crippen LogP contribution >= 0.6 is 0 Å². The van der Waals surface area contributed by atoms with Crippen LogP contribution in [0.25, 0.3) is 10.9 Å². The van der Waals surface area contributed by atoms with E-state index in [-0.39, 0.29) is 11.9 Å². The van der Waals surface area contributed by atoms with Crippen LogP contribution in [0, 0.1) is 5.92 Å². The zero-order valence-electron chi connectivity index (χ0n) is 25.7. The fraction of sp³-hybridized carbons (Fsp3) is 0.389. The molecule has 0 fully saturated rings. The Bertz CT molecular complexity index is 1550. The SMILES string of the molecule is CCCCc1cccc([C@H](C)NC(=O)c2ccc3c(Cc4cccc(OC(C)(C)C(=O)O)c4)cn(CC(C)C)c3c2)c1. The highest BCUT2D eigenvalue weighted by atomic mass is 16.5. The topological polar surface area (TPSA) is 80.6 Å². The fourth-order valence-electron chi connectivity index (χ4n) is 5.23. The summed E-state index contributed by atoms with van der Waals surface area (Å²) < 4.78 is 8.00. The van der Waals surface area contributed by atoms with Gasteiger partial charge in [-0.1, -0.05) is 69.7 Å². The second kappa shape index (κ2) is 13.3. The van der Waals surface area contributed by atoms with Gasteiger partial charge in [-0.3, -0.25) is 4.79 Å². The standard InChI is InChI=1S/C36H44N2O4/c1-7-8-11-26-12-9-14-28(18-26)25(4)37-34(39)29-16-17-32-30(23-38(22-24(2)3)33(32)21-29)19-27-13-10-15-31(20-27)42-36(5,6)35(40)41/h9-10,12-18,20-21,23-25H,7-8,11,19,22H2,1-6H3,(H,37,39)(H,40,41)/t25-/m0/s1. The highest BCUT2D eigenvalue weighted by molar-refractivity contribution is 5.99. The van der Waals surface area contributed by atoms with Gasteiger partial charge in [0.25, 0.3) is 5.91 Å². The summed E-state index contributed by atoms with van der Waals surface area (Å²) in [6.07, 6.45) is 6.19. The largest absolute Gasteiger partial charge is 0.478 e. The Kier molecular flexibility index (Phi) is 9.77. The molecule has 0 saturated heterocycles. The van der Waals surface area contributed by atoms with Gasteiger partial charge in [0, 0.05) is 29.2 Å². The predicted molar refractivity (Wildman–Crippen MR) is 169 cm³/mol. The molecule has 0 radical (unpaired) electrons. The molecule has 1 amide bonds. The first kappa shape index (κ1) is 30.9. The van der Waals surface area contributed by atoms with E-state index < -0.39 is 11.6 Å². The molecule has 0 unspecified atom stereocenters. The molecule has 1 heterocycles. The van der Waals surface area contributed by atoms with Crippen LogP contribution in [-0.4, -0.2) is 27.2 Å². The van der Waals surface area contributed by atoms with Gasteiger partial charge in [-0.05, 0) is 92.5 Å². The molecular weight excluding hydrogens is 524 g/mol.